The van der Waals surface area contributed by atoms with Crippen molar-refractivity contribution in [1.29, 1.82) is 0 Å². The molecule has 3 heteroatoms. The summed E-state index contributed by atoms with van der Waals surface area (Å²) in [6.45, 7) is 2.15. The molecule has 15 heavy (non-hydrogen) atoms. The summed E-state index contributed by atoms with van der Waals surface area (Å²) in [5, 5.41) is 4.12. The van der Waals surface area contributed by atoms with E-state index in [2.05, 4.69) is 28.2 Å². The second kappa shape index (κ2) is 7.26. The molecule has 1 aliphatic carbocycles. The summed E-state index contributed by atoms with van der Waals surface area (Å²) in [7, 11) is 0. The Morgan fingerprint density at radius 2 is 2.07 bits per heavy atom. The highest BCUT2D eigenvalue weighted by molar-refractivity contribution is 9.09. The molecule has 1 fully saturated rings. The van der Waals surface area contributed by atoms with Gasteiger partial charge < -0.3 is 5.32 Å². The Labute approximate surface area is 101 Å². The molecule has 0 saturated heterocycles. The molecule has 0 spiro atoms. The molecule has 2 nitrogen and oxygen atoms in total. The fourth-order valence-electron chi connectivity index (χ4n) is 2.28. The minimum absolute atomic E-state index is 0.232. The van der Waals surface area contributed by atoms with Crippen molar-refractivity contribution in [2.45, 2.75) is 57.9 Å². The molecular weight excluding hydrogens is 254 g/mol. The summed E-state index contributed by atoms with van der Waals surface area (Å²) in [4.78, 5) is 11.6. The maximum atomic E-state index is 11.6. The lowest BCUT2D eigenvalue weighted by molar-refractivity contribution is -0.122. The molecule has 0 aromatic rings. The van der Waals surface area contributed by atoms with Gasteiger partial charge in [-0.15, -0.1) is 0 Å². The number of nitrogens with one attached hydrogen (secondary N) is 1. The Kier molecular flexibility index (Phi) is 6.30. The molecule has 0 aliphatic heterocycles. The summed E-state index contributed by atoms with van der Waals surface area (Å²) >= 11 is 3.37. The van der Waals surface area contributed by atoms with Crippen LogP contribution in [-0.2, 0) is 4.79 Å². The fraction of sp³-hybridized carbons (Fsp3) is 0.917. The van der Waals surface area contributed by atoms with Crippen LogP contribution in [0.1, 0.15) is 51.9 Å². The summed E-state index contributed by atoms with van der Waals surface area (Å²) in [6, 6.07) is 0.379. The lowest BCUT2D eigenvalue weighted by atomic mass is 9.99. The van der Waals surface area contributed by atoms with Gasteiger partial charge in [0.1, 0.15) is 0 Å². The van der Waals surface area contributed by atoms with Crippen LogP contribution in [0.5, 0.6) is 0 Å². The third-order valence-electron chi connectivity index (χ3n) is 3.28. The first-order valence-corrected chi connectivity index (χ1v) is 7.21. The van der Waals surface area contributed by atoms with Gasteiger partial charge >= 0.3 is 0 Å². The number of rotatable bonds is 6. The number of hydrogen-bond acceptors (Lipinski definition) is 1. The zero-order valence-electron chi connectivity index (χ0n) is 9.60. The van der Waals surface area contributed by atoms with Crippen LogP contribution in [0.15, 0.2) is 0 Å². The van der Waals surface area contributed by atoms with Gasteiger partial charge in [-0.25, -0.2) is 0 Å². The van der Waals surface area contributed by atoms with Gasteiger partial charge in [-0.3, -0.25) is 4.79 Å². The highest BCUT2D eigenvalue weighted by atomic mass is 79.9. The van der Waals surface area contributed by atoms with E-state index < -0.39 is 0 Å². The van der Waals surface area contributed by atoms with Crippen molar-refractivity contribution in [3.8, 4) is 0 Å². The van der Waals surface area contributed by atoms with Crippen LogP contribution >= 0.6 is 15.9 Å². The molecule has 0 heterocycles. The van der Waals surface area contributed by atoms with Crippen molar-refractivity contribution in [3.63, 3.8) is 0 Å². The highest BCUT2D eigenvalue weighted by Gasteiger charge is 2.22. The van der Waals surface area contributed by atoms with Crippen LogP contribution < -0.4 is 5.32 Å². The molecule has 0 radical (unpaired) electrons. The fourth-order valence-corrected chi connectivity index (χ4v) is 2.68. The number of alkyl halides is 1. The van der Waals surface area contributed by atoms with Gasteiger partial charge in [0, 0.05) is 17.8 Å². The number of carbonyl (C=O) groups is 1. The van der Waals surface area contributed by atoms with Crippen LogP contribution in [0.25, 0.3) is 0 Å². The molecule has 0 bridgehead atoms. The molecule has 1 N–H and O–H groups in total. The van der Waals surface area contributed by atoms with E-state index in [0.717, 1.165) is 24.1 Å². The maximum absolute atomic E-state index is 11.6. The van der Waals surface area contributed by atoms with Crippen LogP contribution in [0, 0.1) is 5.92 Å². The lowest BCUT2D eigenvalue weighted by Gasteiger charge is -2.20. The zero-order chi connectivity index (χ0) is 11.1. The average Bonchev–Trinajstić information content (AvgIpc) is 2.70. The molecule has 1 atom stereocenters. The predicted molar refractivity (Wildman–Crippen MR) is 67.2 cm³/mol. The molecule has 0 aromatic carbocycles. The summed E-state index contributed by atoms with van der Waals surface area (Å²) in [5.41, 5.74) is 0. The Morgan fingerprint density at radius 3 is 2.67 bits per heavy atom. The van der Waals surface area contributed by atoms with Crippen molar-refractivity contribution >= 4 is 21.8 Å². The van der Waals surface area contributed by atoms with E-state index in [1.54, 1.807) is 0 Å². The summed E-state index contributed by atoms with van der Waals surface area (Å²) < 4.78 is 0. The van der Waals surface area contributed by atoms with Gasteiger partial charge in [0.25, 0.3) is 0 Å². The largest absolute Gasteiger partial charge is 0.353 e. The molecule has 0 unspecified atom stereocenters. The Bertz CT molecular complexity index is 190. The van der Waals surface area contributed by atoms with E-state index in [4.69, 9.17) is 0 Å². The summed E-state index contributed by atoms with van der Waals surface area (Å²) in [5.74, 6) is 0.959. The van der Waals surface area contributed by atoms with Crippen LogP contribution in [0.3, 0.4) is 0 Å². The van der Waals surface area contributed by atoms with Crippen LogP contribution in [0.2, 0.25) is 0 Å². The predicted octanol–water partition coefficient (Wildman–Crippen LogP) is 3.25. The molecule has 88 valence electrons. The topological polar surface area (TPSA) is 29.1 Å². The Morgan fingerprint density at radius 1 is 1.40 bits per heavy atom. The van der Waals surface area contributed by atoms with Crippen molar-refractivity contribution in [2.75, 3.05) is 5.33 Å². The first-order chi connectivity index (χ1) is 7.24. The molecular formula is C12H22BrNO. The van der Waals surface area contributed by atoms with E-state index in [1.165, 1.54) is 25.7 Å². The van der Waals surface area contributed by atoms with Gasteiger partial charge in [0.15, 0.2) is 0 Å². The Hall–Kier alpha value is -0.0500. The van der Waals surface area contributed by atoms with Crippen LogP contribution in [-0.4, -0.2) is 17.3 Å². The lowest BCUT2D eigenvalue weighted by Crippen LogP contribution is -2.37. The molecule has 1 saturated carbocycles. The number of unbranched alkanes of at least 4 members (excludes halogenated alkanes) is 1. The Balaban J connectivity index is 2.13. The minimum Gasteiger partial charge on any atom is -0.353 e. The van der Waals surface area contributed by atoms with Gasteiger partial charge in [-0.2, -0.15) is 0 Å². The molecule has 0 aromatic heterocycles. The second-order valence-corrected chi connectivity index (χ2v) is 5.34. The second-order valence-electron chi connectivity index (χ2n) is 4.55. The van der Waals surface area contributed by atoms with E-state index in [9.17, 15) is 4.79 Å². The van der Waals surface area contributed by atoms with Crippen molar-refractivity contribution in [3.05, 3.63) is 0 Å². The monoisotopic (exact) mass is 275 g/mol. The third kappa shape index (κ3) is 5.01. The van der Waals surface area contributed by atoms with E-state index in [1.807, 2.05) is 0 Å². The van der Waals surface area contributed by atoms with Crippen molar-refractivity contribution < 1.29 is 4.79 Å². The number of carbonyl (C=O) groups excluding carboxylic acids is 1. The zero-order valence-corrected chi connectivity index (χ0v) is 11.2. The maximum Gasteiger partial charge on any atom is 0.220 e. The minimum atomic E-state index is 0.232. The third-order valence-corrected chi connectivity index (χ3v) is 3.84. The van der Waals surface area contributed by atoms with Crippen molar-refractivity contribution in [2.24, 2.45) is 5.92 Å². The highest BCUT2D eigenvalue weighted by Crippen LogP contribution is 2.27. The van der Waals surface area contributed by atoms with E-state index in [-0.39, 0.29) is 5.91 Å². The first-order valence-electron chi connectivity index (χ1n) is 6.09. The quantitative estimate of drug-likeness (QED) is 0.585. The van der Waals surface area contributed by atoms with E-state index in [0.29, 0.717) is 12.5 Å². The normalized spacial score (nSPS) is 19.1. The molecule has 1 amide bonds. The van der Waals surface area contributed by atoms with Gasteiger partial charge in [-0.1, -0.05) is 28.8 Å². The average molecular weight is 276 g/mol. The van der Waals surface area contributed by atoms with Crippen molar-refractivity contribution in [1.82, 2.24) is 5.32 Å². The number of halogens is 1. The summed E-state index contributed by atoms with van der Waals surface area (Å²) in [6.07, 6.45) is 8.04. The SMILES string of the molecule is C[C@@H](NC(=O)CCCCBr)C1CCCC1. The standard InChI is InChI=1S/C12H22BrNO/c1-10(11-6-2-3-7-11)14-12(15)8-4-5-9-13/h10-11H,2-9H2,1H3,(H,14,15)/t10-/m1/s1. The van der Waals surface area contributed by atoms with Gasteiger partial charge in [0.2, 0.25) is 5.91 Å². The number of amides is 1. The first kappa shape index (κ1) is 13.0. The van der Waals surface area contributed by atoms with Gasteiger partial charge in [0.05, 0.1) is 0 Å². The smallest absolute Gasteiger partial charge is 0.220 e. The molecule has 1 rings (SSSR count). The van der Waals surface area contributed by atoms with E-state index >= 15 is 0 Å². The van der Waals surface area contributed by atoms with Crippen LogP contribution in [0.4, 0.5) is 0 Å². The van der Waals surface area contributed by atoms with Gasteiger partial charge in [-0.05, 0) is 38.5 Å². The molecule has 1 aliphatic rings. The number of hydrogen-bond donors (Lipinski definition) is 1.